The van der Waals surface area contributed by atoms with Gasteiger partial charge in [0, 0.05) is 47.0 Å². The number of benzene rings is 4. The topological polar surface area (TPSA) is 210 Å². The van der Waals surface area contributed by atoms with Gasteiger partial charge in [-0.25, -0.2) is 29.5 Å². The Labute approximate surface area is 352 Å². The number of aromatic nitrogens is 4. The molecule has 0 spiro atoms. The van der Waals surface area contributed by atoms with E-state index < -0.39 is 11.9 Å². The van der Waals surface area contributed by atoms with Gasteiger partial charge in [0.05, 0.1) is 18.2 Å². The molecular formula is C44H36N8O6S2. The van der Waals surface area contributed by atoms with E-state index in [1.807, 2.05) is 66.7 Å². The van der Waals surface area contributed by atoms with Gasteiger partial charge in [0.15, 0.2) is 10.3 Å². The molecule has 14 nitrogen and oxygen atoms in total. The molecule has 4 aromatic carbocycles. The number of carbonyl (C=O) groups is 2. The van der Waals surface area contributed by atoms with Gasteiger partial charge in [-0.3, -0.25) is 0 Å². The highest BCUT2D eigenvalue weighted by Gasteiger charge is 2.17. The van der Waals surface area contributed by atoms with Crippen LogP contribution in [0.2, 0.25) is 0 Å². The predicted molar refractivity (Wildman–Crippen MR) is 235 cm³/mol. The van der Waals surface area contributed by atoms with E-state index in [9.17, 15) is 14.7 Å². The van der Waals surface area contributed by atoms with Crippen LogP contribution in [0, 0.1) is 6.92 Å². The minimum Gasteiger partial charge on any atom is -0.478 e. The number of carbonyl (C=O) groups excluding carboxylic acids is 1. The summed E-state index contributed by atoms with van der Waals surface area (Å²) in [5.74, 6) is 0.848. The van der Waals surface area contributed by atoms with Crippen molar-refractivity contribution < 1.29 is 28.9 Å². The number of nitrogen functional groups attached to an aromatic ring is 2. The number of ether oxygens (including phenoxy) is 3. The number of rotatable bonds is 12. The molecule has 0 radical (unpaired) electrons. The summed E-state index contributed by atoms with van der Waals surface area (Å²) >= 11 is 2.53. The van der Waals surface area contributed by atoms with Crippen molar-refractivity contribution in [1.29, 1.82) is 0 Å². The van der Waals surface area contributed by atoms with Crippen molar-refractivity contribution in [3.8, 4) is 44.1 Å². The molecule has 8 aromatic rings. The van der Waals surface area contributed by atoms with E-state index in [0.717, 1.165) is 11.1 Å². The van der Waals surface area contributed by atoms with Gasteiger partial charge in [0.25, 0.3) is 0 Å². The summed E-state index contributed by atoms with van der Waals surface area (Å²) in [5.41, 5.74) is 17.7. The number of carboxylic acids is 1. The summed E-state index contributed by atoms with van der Waals surface area (Å²) in [7, 11) is 1.35. The van der Waals surface area contributed by atoms with Gasteiger partial charge in [-0.2, -0.15) is 0 Å². The highest BCUT2D eigenvalue weighted by Crippen LogP contribution is 2.41. The molecule has 0 unspecified atom stereocenters. The molecule has 0 fully saturated rings. The fraction of sp³-hybridized carbons (Fsp3) is 0.0455. The molecule has 0 saturated carbocycles. The molecule has 0 atom stereocenters. The van der Waals surface area contributed by atoms with Gasteiger partial charge >= 0.3 is 11.9 Å². The second-order valence-electron chi connectivity index (χ2n) is 12.7. The second-order valence-corrected chi connectivity index (χ2v) is 14.7. The van der Waals surface area contributed by atoms with Crippen LogP contribution in [0.15, 0.2) is 140 Å². The van der Waals surface area contributed by atoms with E-state index in [1.165, 1.54) is 29.8 Å². The Morgan fingerprint density at radius 2 is 1.18 bits per heavy atom. The molecular weight excluding hydrogens is 801 g/mol. The van der Waals surface area contributed by atoms with Crippen molar-refractivity contribution in [3.05, 3.63) is 156 Å². The van der Waals surface area contributed by atoms with Crippen molar-refractivity contribution in [3.63, 3.8) is 0 Å². The van der Waals surface area contributed by atoms with Crippen LogP contribution in [0.3, 0.4) is 0 Å². The number of carboxylic acid groups (broad SMARTS) is 1. The molecule has 16 heteroatoms. The maximum absolute atomic E-state index is 11.7. The van der Waals surface area contributed by atoms with Crippen LogP contribution in [-0.4, -0.2) is 44.1 Å². The first-order valence-electron chi connectivity index (χ1n) is 18.1. The normalized spacial score (nSPS) is 10.5. The summed E-state index contributed by atoms with van der Waals surface area (Å²) in [5, 5.41) is 17.7. The fourth-order valence-corrected chi connectivity index (χ4v) is 7.22. The molecule has 300 valence electrons. The Bertz CT molecular complexity index is 2760. The van der Waals surface area contributed by atoms with Crippen LogP contribution in [-0.2, 0) is 4.74 Å². The Balaban J connectivity index is 0.000000181. The minimum absolute atomic E-state index is 0.236. The molecule has 0 bridgehead atoms. The average molecular weight is 837 g/mol. The number of nitrogens with zero attached hydrogens (tertiary/aromatic N) is 4. The fourth-order valence-electron chi connectivity index (χ4n) is 5.77. The van der Waals surface area contributed by atoms with Crippen molar-refractivity contribution in [2.75, 3.05) is 29.2 Å². The van der Waals surface area contributed by atoms with Crippen LogP contribution in [0.1, 0.15) is 26.3 Å². The van der Waals surface area contributed by atoms with Gasteiger partial charge in [0.1, 0.15) is 34.5 Å². The molecule has 0 aliphatic rings. The maximum Gasteiger partial charge on any atom is 0.337 e. The van der Waals surface area contributed by atoms with Crippen molar-refractivity contribution in [2.45, 2.75) is 6.92 Å². The smallest absolute Gasteiger partial charge is 0.337 e. The van der Waals surface area contributed by atoms with Crippen LogP contribution in [0.5, 0.6) is 21.6 Å². The zero-order chi connectivity index (χ0) is 42.0. The standard InChI is InChI=1S/2C22H18N4O3S/c1-28-20(27)15-8-5-9-16(12-15)25-18-13-17(10-11-24-18)29-21-19(26-22(23)30-21)14-6-3-2-4-7-14;1-13-16(20(27)28)8-5-9-17(13)25-18-12-15(10-11-24-18)29-21-19(26-22(23)30-21)14-6-3-2-4-7-14/h2-13H,1H3,(H2,23,26)(H,24,25);2-12H,1H3,(H2,23,26)(H,24,25)(H,27,28). The molecule has 0 saturated heterocycles. The highest BCUT2D eigenvalue weighted by molar-refractivity contribution is 7.18. The molecule has 8 rings (SSSR count). The van der Waals surface area contributed by atoms with E-state index in [2.05, 4.69) is 30.6 Å². The lowest BCUT2D eigenvalue weighted by Crippen LogP contribution is -2.03. The van der Waals surface area contributed by atoms with Gasteiger partial charge in [-0.15, -0.1) is 0 Å². The number of esters is 1. The molecule has 7 N–H and O–H groups in total. The Morgan fingerprint density at radius 3 is 1.72 bits per heavy atom. The van der Waals surface area contributed by atoms with E-state index in [4.69, 9.17) is 25.7 Å². The molecule has 4 aromatic heterocycles. The first-order chi connectivity index (χ1) is 29.1. The molecule has 60 heavy (non-hydrogen) atoms. The lowest BCUT2D eigenvalue weighted by Gasteiger charge is -2.12. The van der Waals surface area contributed by atoms with Crippen molar-refractivity contribution >= 4 is 67.9 Å². The summed E-state index contributed by atoms with van der Waals surface area (Å²) in [6.07, 6.45) is 3.25. The highest BCUT2D eigenvalue weighted by atomic mass is 32.1. The van der Waals surface area contributed by atoms with Crippen LogP contribution >= 0.6 is 22.7 Å². The number of nitrogens with one attached hydrogen (secondary N) is 2. The SMILES string of the molecule is COC(=O)c1cccc(Nc2cc(Oc3sc(N)nc3-c3ccccc3)ccn2)c1.Cc1c(Nc2cc(Oc3sc(N)nc3-c3ccccc3)ccn2)cccc1C(=O)O. The summed E-state index contributed by atoms with van der Waals surface area (Å²) in [6.45, 7) is 1.75. The minimum atomic E-state index is -0.975. The number of hydrogen-bond donors (Lipinski definition) is 5. The lowest BCUT2D eigenvalue weighted by atomic mass is 10.1. The first-order valence-corrected chi connectivity index (χ1v) is 19.7. The third-order valence-corrected chi connectivity index (χ3v) is 10.1. The zero-order valence-corrected chi connectivity index (χ0v) is 33.7. The summed E-state index contributed by atoms with van der Waals surface area (Å²) in [4.78, 5) is 40.5. The number of hydrogen-bond acceptors (Lipinski definition) is 15. The van der Waals surface area contributed by atoms with Crippen molar-refractivity contribution in [2.24, 2.45) is 0 Å². The second kappa shape index (κ2) is 18.6. The third-order valence-electron chi connectivity index (χ3n) is 8.59. The number of nitrogens with two attached hydrogens (primary N) is 2. The molecule has 0 aliphatic heterocycles. The van der Waals surface area contributed by atoms with Crippen LogP contribution in [0.25, 0.3) is 22.5 Å². The first kappa shape index (κ1) is 40.4. The van der Waals surface area contributed by atoms with E-state index in [0.29, 0.717) is 77.4 Å². The molecule has 4 heterocycles. The van der Waals surface area contributed by atoms with Crippen LogP contribution < -0.4 is 31.6 Å². The quantitative estimate of drug-likeness (QED) is 0.0725. The number of anilines is 6. The van der Waals surface area contributed by atoms with Gasteiger partial charge in [-0.1, -0.05) is 95.5 Å². The summed E-state index contributed by atoms with van der Waals surface area (Å²) < 4.78 is 16.9. The third kappa shape index (κ3) is 10.00. The Kier molecular flexibility index (Phi) is 12.5. The monoisotopic (exact) mass is 836 g/mol. The van der Waals surface area contributed by atoms with E-state index >= 15 is 0 Å². The van der Waals surface area contributed by atoms with Gasteiger partial charge in [0.2, 0.25) is 10.1 Å². The van der Waals surface area contributed by atoms with E-state index in [-0.39, 0.29) is 5.56 Å². The zero-order valence-electron chi connectivity index (χ0n) is 32.0. The van der Waals surface area contributed by atoms with Crippen molar-refractivity contribution in [1.82, 2.24) is 19.9 Å². The average Bonchev–Trinajstić information content (AvgIpc) is 3.82. The maximum atomic E-state index is 11.7. The number of pyridine rings is 2. The summed E-state index contributed by atoms with van der Waals surface area (Å²) in [6, 6.07) is 38.4. The largest absolute Gasteiger partial charge is 0.478 e. The Morgan fingerprint density at radius 1 is 0.650 bits per heavy atom. The number of aromatic carboxylic acids is 1. The predicted octanol–water partition coefficient (Wildman–Crippen LogP) is 10.4. The number of thiazole rings is 2. The van der Waals surface area contributed by atoms with Gasteiger partial charge < -0.3 is 41.4 Å². The number of methoxy groups -OCH3 is 1. The Hall–Kier alpha value is -7.82. The van der Waals surface area contributed by atoms with E-state index in [1.54, 1.807) is 80.0 Å². The lowest BCUT2D eigenvalue weighted by molar-refractivity contribution is 0.0599. The van der Waals surface area contributed by atoms with Crippen LogP contribution in [0.4, 0.5) is 33.3 Å². The molecule has 0 aliphatic carbocycles. The molecule has 0 amide bonds. The van der Waals surface area contributed by atoms with Gasteiger partial charge in [-0.05, 0) is 55.0 Å².